The van der Waals surface area contributed by atoms with E-state index in [0.717, 1.165) is 0 Å². The molecule has 2 aromatic rings. The van der Waals surface area contributed by atoms with E-state index < -0.39 is 80.9 Å². The number of methoxy groups -OCH3 is 1. The minimum Gasteiger partial charge on any atom is -0.469 e. The van der Waals surface area contributed by atoms with E-state index in [-0.39, 0.29) is 47.5 Å². The molecule has 1 amide bonds. The predicted octanol–water partition coefficient (Wildman–Crippen LogP) is 7.80. The molecule has 2 aromatic carbocycles. The topological polar surface area (TPSA) is 152 Å². The number of rotatable bonds is 17. The van der Waals surface area contributed by atoms with Crippen LogP contribution in [0.5, 0.6) is 11.5 Å². The number of ketones is 2. The molecule has 0 saturated carbocycles. The third-order valence-electron chi connectivity index (χ3n) is 6.65. The van der Waals surface area contributed by atoms with Gasteiger partial charge in [0.15, 0.2) is 0 Å². The van der Waals surface area contributed by atoms with E-state index in [2.05, 4.69) is 29.0 Å². The summed E-state index contributed by atoms with van der Waals surface area (Å²) in [7, 11) is 1.28. The van der Waals surface area contributed by atoms with E-state index in [9.17, 15) is 54.3 Å². The van der Waals surface area contributed by atoms with E-state index in [1.54, 1.807) is 41.5 Å². The van der Waals surface area contributed by atoms with Crippen LogP contribution < -0.4 is 20.5 Å². The van der Waals surface area contributed by atoms with Crippen molar-refractivity contribution in [3.8, 4) is 11.5 Å². The van der Waals surface area contributed by atoms with Crippen LogP contribution in [-0.2, 0) is 33.4 Å². The molecule has 0 bridgehead atoms. The average Bonchev–Trinajstić information content (AvgIpc) is 3.04. The number of hydrogen-bond donors (Lipinski definition) is 2. The maximum Gasteiger partial charge on any atom is 0.387 e. The molecule has 2 rings (SSSR count). The molecule has 0 unspecified atom stereocenters. The Labute approximate surface area is 319 Å². The minimum atomic E-state index is -3.08. The van der Waals surface area contributed by atoms with Crippen molar-refractivity contribution >= 4 is 35.9 Å². The Morgan fingerprint density at radius 2 is 1.07 bits per heavy atom. The van der Waals surface area contributed by atoms with Crippen molar-refractivity contribution < 1.29 is 78.0 Å². The Morgan fingerprint density at radius 1 is 0.655 bits per heavy atom. The number of carbonyl (C=O) groups excluding carboxylic acids is 4. The van der Waals surface area contributed by atoms with Gasteiger partial charge in [-0.2, -0.15) is 35.1 Å². The third-order valence-corrected chi connectivity index (χ3v) is 6.65. The summed E-state index contributed by atoms with van der Waals surface area (Å²) >= 11 is 0. The lowest BCUT2D eigenvalue weighted by atomic mass is 9.89. The Morgan fingerprint density at radius 3 is 1.49 bits per heavy atom. The Hall–Kier alpha value is -4.07. The molecule has 20 heteroatoms. The van der Waals surface area contributed by atoms with Gasteiger partial charge in [0.2, 0.25) is 5.91 Å². The second-order valence-electron chi connectivity index (χ2n) is 13.1. The number of amides is 1. The summed E-state index contributed by atoms with van der Waals surface area (Å²) in [5.41, 5.74) is 4.95. The Kier molecular flexibility index (Phi) is 25.0. The molecule has 55 heavy (non-hydrogen) atoms. The van der Waals surface area contributed by atoms with Gasteiger partial charge < -0.3 is 34.7 Å². The zero-order valence-corrected chi connectivity index (χ0v) is 31.9. The highest BCUT2D eigenvalue weighted by atomic mass is 35.5. The fourth-order valence-corrected chi connectivity index (χ4v) is 3.62. The van der Waals surface area contributed by atoms with Gasteiger partial charge in [-0.1, -0.05) is 65.8 Å². The number of Topliss-reactive ketones (excluding diaryl/α,β-unsaturated/α-hetero) is 2. The standard InChI is InChI=1S/C17H21F4NO4.C10H11F4NO2.C8H14O3.ClH/c1-17(2,3)13(23)8-14(24)22-12(9-25-15(18)19)10-5-4-6-11(7-10)26-16(20)21;11-9(12)16-5-8(15)6-2-1-3-7(4-6)17-10(13)14;1-8(2,3)6(9)5-7(10)11-4;/h4-7,12,15-16H,8-9H2,1-3H3,(H,22,24);1-4,8-10H,5,15H2;5H2,1-4H3;1H/t12-;8-;;/m00../s1. The predicted molar refractivity (Wildman–Crippen MR) is 185 cm³/mol. The SMILES string of the molecule is CC(C)(C)C(=O)CC(=O)N[C@@H](COC(F)F)c1cccc(OC(F)F)c1.COC(=O)CC(=O)C(C)(C)C.Cl.N[C@@H](COC(F)F)c1cccc(OC(F)F)c1. The fraction of sp³-hybridized carbons (Fsp3) is 0.543. The number of benzene rings is 2. The molecular formula is C35H47ClF8N2O9. The number of nitrogens with two attached hydrogens (primary N) is 1. The first-order valence-electron chi connectivity index (χ1n) is 15.9. The molecule has 2 atom stereocenters. The van der Waals surface area contributed by atoms with Gasteiger partial charge in [0.25, 0.3) is 0 Å². The normalized spacial score (nSPS) is 12.4. The van der Waals surface area contributed by atoms with E-state index in [0.29, 0.717) is 5.56 Å². The highest BCUT2D eigenvalue weighted by Gasteiger charge is 2.26. The van der Waals surface area contributed by atoms with Gasteiger partial charge in [-0.15, -0.1) is 12.4 Å². The van der Waals surface area contributed by atoms with Crippen molar-refractivity contribution in [3.05, 3.63) is 59.7 Å². The molecule has 0 heterocycles. The first kappa shape index (κ1) is 53.0. The summed E-state index contributed by atoms with van der Waals surface area (Å²) in [5.74, 6) is -1.86. The summed E-state index contributed by atoms with van der Waals surface area (Å²) in [6.45, 7) is -2.75. The maximum atomic E-state index is 12.4. The molecule has 3 N–H and O–H groups in total. The molecule has 0 aliphatic carbocycles. The number of carbonyl (C=O) groups is 4. The number of hydrogen-bond acceptors (Lipinski definition) is 10. The van der Waals surface area contributed by atoms with Crippen LogP contribution in [0.1, 0.15) is 77.6 Å². The average molecular weight is 827 g/mol. The molecule has 0 saturated heterocycles. The molecule has 0 aromatic heterocycles. The second-order valence-corrected chi connectivity index (χ2v) is 13.1. The Balaban J connectivity index is 0. The number of halogens is 9. The number of esters is 1. The van der Waals surface area contributed by atoms with E-state index in [1.807, 2.05) is 0 Å². The van der Waals surface area contributed by atoms with Crippen molar-refractivity contribution in [2.75, 3.05) is 20.3 Å². The number of ether oxygens (including phenoxy) is 5. The van der Waals surface area contributed by atoms with Gasteiger partial charge >= 0.3 is 32.4 Å². The van der Waals surface area contributed by atoms with Crippen molar-refractivity contribution in [3.63, 3.8) is 0 Å². The van der Waals surface area contributed by atoms with Crippen LogP contribution in [0.2, 0.25) is 0 Å². The smallest absolute Gasteiger partial charge is 0.387 e. The summed E-state index contributed by atoms with van der Waals surface area (Å²) in [6.07, 6.45) is -0.568. The highest BCUT2D eigenvalue weighted by molar-refractivity contribution is 6.00. The molecule has 314 valence electrons. The molecule has 0 radical (unpaired) electrons. The van der Waals surface area contributed by atoms with Gasteiger partial charge in [-0.05, 0) is 35.4 Å². The van der Waals surface area contributed by atoms with Crippen LogP contribution >= 0.6 is 12.4 Å². The van der Waals surface area contributed by atoms with E-state index in [4.69, 9.17) is 5.73 Å². The molecule has 0 spiro atoms. The van der Waals surface area contributed by atoms with Crippen LogP contribution in [0.15, 0.2) is 48.5 Å². The van der Waals surface area contributed by atoms with Gasteiger partial charge in [0.05, 0.1) is 38.8 Å². The van der Waals surface area contributed by atoms with Crippen molar-refractivity contribution in [1.82, 2.24) is 5.32 Å². The zero-order chi connectivity index (χ0) is 41.8. The lowest BCUT2D eigenvalue weighted by molar-refractivity contribution is -0.145. The van der Waals surface area contributed by atoms with Crippen LogP contribution in [-0.4, -0.2) is 70.2 Å². The van der Waals surface area contributed by atoms with Crippen molar-refractivity contribution in [1.29, 1.82) is 0 Å². The lowest BCUT2D eigenvalue weighted by Crippen LogP contribution is -2.35. The number of nitrogens with one attached hydrogen (secondary N) is 1. The summed E-state index contributed by atoms with van der Waals surface area (Å²) in [4.78, 5) is 45.7. The molecule has 0 fully saturated rings. The fourth-order valence-electron chi connectivity index (χ4n) is 3.62. The molecule has 11 nitrogen and oxygen atoms in total. The summed E-state index contributed by atoms with van der Waals surface area (Å²) in [6, 6.07) is 8.87. The molecule has 0 aliphatic heterocycles. The quantitative estimate of drug-likeness (QED) is 0.0918. The molecular weight excluding hydrogens is 780 g/mol. The van der Waals surface area contributed by atoms with Crippen LogP contribution in [0.4, 0.5) is 35.1 Å². The van der Waals surface area contributed by atoms with Crippen molar-refractivity contribution in [2.45, 2.75) is 92.9 Å². The van der Waals surface area contributed by atoms with Crippen molar-refractivity contribution in [2.24, 2.45) is 16.6 Å². The second kappa shape index (κ2) is 25.9. The Bertz CT molecular complexity index is 1460. The van der Waals surface area contributed by atoms with Gasteiger partial charge in [0, 0.05) is 10.8 Å². The van der Waals surface area contributed by atoms with Gasteiger partial charge in [-0.3, -0.25) is 19.2 Å². The van der Waals surface area contributed by atoms with Crippen LogP contribution in [0, 0.1) is 10.8 Å². The monoisotopic (exact) mass is 826 g/mol. The minimum absolute atomic E-state index is 0. The first-order valence-corrected chi connectivity index (χ1v) is 15.9. The highest BCUT2D eigenvalue weighted by Crippen LogP contribution is 2.24. The summed E-state index contributed by atoms with van der Waals surface area (Å²) < 4.78 is 118. The van der Waals surface area contributed by atoms with E-state index in [1.165, 1.54) is 55.6 Å². The van der Waals surface area contributed by atoms with Crippen LogP contribution in [0.25, 0.3) is 0 Å². The van der Waals surface area contributed by atoms with Gasteiger partial charge in [0.1, 0.15) is 29.5 Å². The third kappa shape index (κ3) is 24.9. The van der Waals surface area contributed by atoms with Gasteiger partial charge in [-0.25, -0.2) is 0 Å². The summed E-state index contributed by atoms with van der Waals surface area (Å²) in [5, 5.41) is 2.41. The first-order chi connectivity index (χ1) is 24.8. The molecule has 0 aliphatic rings. The van der Waals surface area contributed by atoms with Crippen LogP contribution in [0.3, 0.4) is 0 Å². The maximum absolute atomic E-state index is 12.4. The number of alkyl halides is 8. The van der Waals surface area contributed by atoms with E-state index >= 15 is 0 Å². The lowest BCUT2D eigenvalue weighted by Gasteiger charge is -2.21. The largest absolute Gasteiger partial charge is 0.469 e. The zero-order valence-electron chi connectivity index (χ0n) is 31.1.